The van der Waals surface area contributed by atoms with Crippen LogP contribution in [-0.4, -0.2) is 21.3 Å². The Balaban J connectivity index is 2.91. The zero-order valence-electron chi connectivity index (χ0n) is 13.4. The third-order valence-electron chi connectivity index (χ3n) is 3.51. The van der Waals surface area contributed by atoms with E-state index < -0.39 is 31.8 Å². The first-order chi connectivity index (χ1) is 12.6. The lowest BCUT2D eigenvalue weighted by Crippen LogP contribution is -2.20. The molecule has 0 aromatic heterocycles. The quantitative estimate of drug-likeness (QED) is 0.242. The first-order valence-electron chi connectivity index (χ1n) is 7.11. The fourth-order valence-corrected chi connectivity index (χ4v) is 4.08. The maximum Gasteiger partial charge on any atom is 0.306 e. The van der Waals surface area contributed by atoms with Crippen molar-refractivity contribution in [2.45, 2.75) is 6.92 Å². The van der Waals surface area contributed by atoms with Crippen molar-refractivity contribution in [3.05, 3.63) is 68.0 Å². The number of hydrogen-bond acceptors (Lipinski definition) is 7. The van der Waals surface area contributed by atoms with E-state index in [2.05, 4.69) is 47.8 Å². The van der Waals surface area contributed by atoms with Crippen molar-refractivity contribution in [1.29, 1.82) is 0 Å². The third-order valence-corrected chi connectivity index (χ3v) is 5.96. The van der Waals surface area contributed by atoms with E-state index in [1.54, 1.807) is 19.1 Å². The van der Waals surface area contributed by atoms with Gasteiger partial charge in [-0.3, -0.25) is 30.3 Å². The molecule has 0 heterocycles. The Bertz CT molecular complexity index is 933. The van der Waals surface area contributed by atoms with Gasteiger partial charge in [0.1, 0.15) is 0 Å². The molecule has 0 aliphatic rings. The summed E-state index contributed by atoms with van der Waals surface area (Å²) in [6.45, 7) is 1.77. The largest absolute Gasteiger partial charge is 0.329 e. The Morgan fingerprint density at radius 2 is 1.41 bits per heavy atom. The predicted octanol–water partition coefficient (Wildman–Crippen LogP) is 5.86. The van der Waals surface area contributed by atoms with Gasteiger partial charge in [0.2, 0.25) is 0 Å². The molecule has 0 radical (unpaired) electrons. The highest BCUT2D eigenvalue weighted by atomic mass is 79.9. The van der Waals surface area contributed by atoms with Crippen LogP contribution in [0.2, 0.25) is 0 Å². The first kappa shape index (κ1) is 21.2. The number of rotatable bonds is 6. The number of hydrogen-bond donors (Lipinski definition) is 0. The van der Waals surface area contributed by atoms with Crippen LogP contribution < -0.4 is 4.90 Å². The number of anilines is 2. The van der Waals surface area contributed by atoms with Gasteiger partial charge >= 0.3 is 11.4 Å². The van der Waals surface area contributed by atoms with Crippen LogP contribution in [0.15, 0.2) is 37.7 Å². The topological polar surface area (TPSA) is 133 Å². The van der Waals surface area contributed by atoms with E-state index in [1.807, 2.05) is 0 Å². The lowest BCUT2D eigenvalue weighted by Gasteiger charge is -2.24. The predicted molar refractivity (Wildman–Crippen MR) is 109 cm³/mol. The standard InChI is InChI=1S/C14H9Br3N4O6/c1-2-18(10-4-7(15)3-9(16)13(10)17)14-11(20(24)25)5-8(19(22)23)6-12(14)21(26)27/h3-6H,2H2,1H3. The molecule has 0 unspecified atom stereocenters. The van der Waals surface area contributed by atoms with Gasteiger partial charge in [-0.25, -0.2) is 0 Å². The molecule has 2 rings (SSSR count). The van der Waals surface area contributed by atoms with Gasteiger partial charge in [0.15, 0.2) is 5.69 Å². The summed E-state index contributed by atoms with van der Waals surface area (Å²) in [4.78, 5) is 32.8. The molecule has 2 aromatic carbocycles. The summed E-state index contributed by atoms with van der Waals surface area (Å²) in [7, 11) is 0. The molecule has 10 nitrogen and oxygen atoms in total. The number of nitro groups is 3. The summed E-state index contributed by atoms with van der Waals surface area (Å²) in [6.07, 6.45) is 0. The van der Waals surface area contributed by atoms with Gasteiger partial charge in [0.05, 0.1) is 37.1 Å². The molecule has 0 atom stereocenters. The van der Waals surface area contributed by atoms with Crippen molar-refractivity contribution in [3.63, 3.8) is 0 Å². The van der Waals surface area contributed by atoms with E-state index in [-0.39, 0.29) is 12.2 Å². The zero-order chi connectivity index (χ0) is 20.5. The number of nitro benzene ring substituents is 3. The van der Waals surface area contributed by atoms with E-state index in [9.17, 15) is 30.3 Å². The summed E-state index contributed by atoms with van der Waals surface area (Å²) in [5, 5.41) is 34.1. The Morgan fingerprint density at radius 3 is 1.81 bits per heavy atom. The van der Waals surface area contributed by atoms with Crippen molar-refractivity contribution in [2.75, 3.05) is 11.4 Å². The van der Waals surface area contributed by atoms with Gasteiger partial charge in [0, 0.05) is 15.5 Å². The second kappa shape index (κ2) is 8.27. The minimum absolute atomic E-state index is 0.126. The maximum atomic E-state index is 11.5. The fraction of sp³-hybridized carbons (Fsp3) is 0.143. The van der Waals surface area contributed by atoms with Gasteiger partial charge in [0.25, 0.3) is 5.69 Å². The minimum Gasteiger partial charge on any atom is -0.329 e. The average molecular weight is 569 g/mol. The van der Waals surface area contributed by atoms with Crippen molar-refractivity contribution in [1.82, 2.24) is 0 Å². The molecule has 0 fully saturated rings. The van der Waals surface area contributed by atoms with Crippen LogP contribution in [0.4, 0.5) is 28.4 Å². The number of halogens is 3. The van der Waals surface area contributed by atoms with E-state index in [0.29, 0.717) is 31.2 Å². The molecule has 0 saturated carbocycles. The molecule has 0 bridgehead atoms. The van der Waals surface area contributed by atoms with E-state index >= 15 is 0 Å². The van der Waals surface area contributed by atoms with Crippen LogP contribution in [0.25, 0.3) is 0 Å². The highest BCUT2D eigenvalue weighted by Gasteiger charge is 2.35. The van der Waals surface area contributed by atoms with Crippen molar-refractivity contribution in [2.24, 2.45) is 0 Å². The van der Waals surface area contributed by atoms with Crippen molar-refractivity contribution in [3.8, 4) is 0 Å². The first-order valence-corrected chi connectivity index (χ1v) is 9.49. The van der Waals surface area contributed by atoms with Gasteiger partial charge < -0.3 is 4.90 Å². The average Bonchev–Trinajstić information content (AvgIpc) is 2.58. The molecule has 0 saturated heterocycles. The molecule has 0 spiro atoms. The van der Waals surface area contributed by atoms with E-state index in [4.69, 9.17) is 0 Å². The van der Waals surface area contributed by atoms with E-state index in [0.717, 1.165) is 0 Å². The summed E-state index contributed by atoms with van der Waals surface area (Å²) in [6, 6.07) is 4.77. The third kappa shape index (κ3) is 4.25. The molecule has 0 aliphatic carbocycles. The van der Waals surface area contributed by atoms with Crippen LogP contribution in [-0.2, 0) is 0 Å². The normalized spacial score (nSPS) is 10.5. The molecule has 13 heteroatoms. The SMILES string of the molecule is CCN(c1cc(Br)cc(Br)c1Br)c1c([N+](=O)[O-])cc([N+](=O)[O-])cc1[N+](=O)[O-]. The molecule has 0 N–H and O–H groups in total. The van der Waals surface area contributed by atoms with Crippen LogP contribution in [0.3, 0.4) is 0 Å². The lowest BCUT2D eigenvalue weighted by atomic mass is 10.1. The fourth-order valence-electron chi connectivity index (χ4n) is 2.44. The summed E-state index contributed by atoms with van der Waals surface area (Å²) >= 11 is 10.00. The van der Waals surface area contributed by atoms with Crippen LogP contribution in [0.5, 0.6) is 0 Å². The highest BCUT2D eigenvalue weighted by Crippen LogP contribution is 2.47. The summed E-state index contributed by atoms with van der Waals surface area (Å²) in [5.74, 6) is 0. The molecule has 0 aliphatic heterocycles. The molecule has 27 heavy (non-hydrogen) atoms. The smallest absolute Gasteiger partial charge is 0.306 e. The molecule has 0 amide bonds. The van der Waals surface area contributed by atoms with Gasteiger partial charge in [-0.05, 0) is 50.9 Å². The van der Waals surface area contributed by atoms with Crippen molar-refractivity contribution < 1.29 is 14.8 Å². The number of nitrogens with zero attached hydrogens (tertiary/aromatic N) is 4. The molecular formula is C14H9Br3N4O6. The Labute approximate surface area is 177 Å². The van der Waals surface area contributed by atoms with E-state index in [1.165, 1.54) is 4.90 Å². The van der Waals surface area contributed by atoms with Gasteiger partial charge in [-0.15, -0.1) is 0 Å². The Morgan fingerprint density at radius 1 is 0.889 bits per heavy atom. The van der Waals surface area contributed by atoms with Gasteiger partial charge in [-0.1, -0.05) is 15.9 Å². The molecule has 2 aromatic rings. The number of benzene rings is 2. The summed E-state index contributed by atoms with van der Waals surface area (Å²) < 4.78 is 1.74. The maximum absolute atomic E-state index is 11.5. The Hall–Kier alpha value is -2.12. The zero-order valence-corrected chi connectivity index (χ0v) is 18.1. The van der Waals surface area contributed by atoms with Gasteiger partial charge in [-0.2, -0.15) is 0 Å². The number of non-ortho nitro benzene ring substituents is 1. The van der Waals surface area contributed by atoms with Crippen molar-refractivity contribution >= 4 is 76.2 Å². The minimum atomic E-state index is -0.911. The second-order valence-corrected chi connectivity index (χ2v) is 7.63. The Kier molecular flexibility index (Phi) is 6.49. The molecular weight excluding hydrogens is 560 g/mol. The highest BCUT2D eigenvalue weighted by molar-refractivity contribution is 9.13. The van der Waals surface area contributed by atoms with Crippen LogP contribution in [0, 0.1) is 30.3 Å². The lowest BCUT2D eigenvalue weighted by molar-refractivity contribution is -0.402. The summed E-state index contributed by atoms with van der Waals surface area (Å²) in [5.41, 5.74) is -2.15. The van der Waals surface area contributed by atoms with Crippen LogP contribution in [0.1, 0.15) is 6.92 Å². The monoisotopic (exact) mass is 566 g/mol. The second-order valence-electron chi connectivity index (χ2n) is 5.07. The molecule has 142 valence electrons. The van der Waals surface area contributed by atoms with Crippen LogP contribution >= 0.6 is 47.8 Å².